The van der Waals surface area contributed by atoms with E-state index in [9.17, 15) is 4.79 Å². The van der Waals surface area contributed by atoms with Gasteiger partial charge in [0, 0.05) is 5.02 Å². The van der Waals surface area contributed by atoms with Crippen LogP contribution in [0.25, 0.3) is 0 Å². The summed E-state index contributed by atoms with van der Waals surface area (Å²) < 4.78 is 4.33. The molecule has 4 heteroatoms. The Morgan fingerprint density at radius 1 is 1.04 bits per heavy atom. The third-order valence-corrected chi connectivity index (χ3v) is 6.50. The Morgan fingerprint density at radius 3 is 2.21 bits per heavy atom. The monoisotopic (exact) mass is 406 g/mol. The molecule has 2 saturated carbocycles. The highest BCUT2D eigenvalue weighted by Gasteiger charge is 2.28. The molecule has 2 aliphatic rings. The normalized spacial score (nSPS) is 22.6. The molecule has 3 nitrogen and oxygen atoms in total. The first kappa shape index (κ1) is 22.8. The molecule has 0 heterocycles. The van der Waals surface area contributed by atoms with Crippen molar-refractivity contribution >= 4 is 17.8 Å². The summed E-state index contributed by atoms with van der Waals surface area (Å²) in [4.78, 5) is 10.00. The van der Waals surface area contributed by atoms with E-state index in [2.05, 4.69) is 17.4 Å². The molecule has 0 atom stereocenters. The topological polar surface area (TPSA) is 46.5 Å². The van der Waals surface area contributed by atoms with Crippen molar-refractivity contribution in [1.82, 2.24) is 0 Å². The molecule has 1 aromatic carbocycles. The van der Waals surface area contributed by atoms with Crippen molar-refractivity contribution in [1.29, 1.82) is 0 Å². The van der Waals surface area contributed by atoms with Gasteiger partial charge < -0.3 is 9.84 Å². The van der Waals surface area contributed by atoms with Crippen LogP contribution in [0.1, 0.15) is 77.0 Å². The van der Waals surface area contributed by atoms with Crippen molar-refractivity contribution < 1.29 is 14.6 Å². The lowest BCUT2D eigenvalue weighted by atomic mass is 9.70. The summed E-state index contributed by atoms with van der Waals surface area (Å²) in [5.41, 5.74) is 0. The quantitative estimate of drug-likeness (QED) is 0.224. The predicted molar refractivity (Wildman–Crippen MR) is 116 cm³/mol. The summed E-state index contributed by atoms with van der Waals surface area (Å²) >= 11 is 5.55. The average Bonchev–Trinajstić information content (AvgIpc) is 2.71. The molecule has 1 aromatic rings. The van der Waals surface area contributed by atoms with Gasteiger partial charge in [-0.05, 0) is 67.7 Å². The Morgan fingerprint density at radius 2 is 1.64 bits per heavy atom. The van der Waals surface area contributed by atoms with Gasteiger partial charge in [-0.15, -0.1) is 6.58 Å². The molecule has 0 unspecified atom stereocenters. The van der Waals surface area contributed by atoms with E-state index in [1.807, 2.05) is 0 Å². The Balaban J connectivity index is 0.000000221. The molecular formula is C24H35ClO3. The molecule has 0 spiro atoms. The van der Waals surface area contributed by atoms with Crippen LogP contribution in [-0.2, 0) is 0 Å². The molecule has 0 amide bonds. The van der Waals surface area contributed by atoms with Crippen LogP contribution in [0.15, 0.2) is 36.9 Å². The van der Waals surface area contributed by atoms with E-state index in [-0.39, 0.29) is 5.75 Å². The number of carboxylic acid groups (broad SMARTS) is 1. The number of hydrogen-bond acceptors (Lipinski definition) is 2. The SMILES string of the molecule is C=CCCCC1CCC(C2CCCCC2)CC1.O=C(O)Oc1ccc(Cl)cc1. The van der Waals surface area contributed by atoms with Crippen molar-refractivity contribution in [2.75, 3.05) is 0 Å². The largest absolute Gasteiger partial charge is 0.511 e. The molecule has 2 fully saturated rings. The summed E-state index contributed by atoms with van der Waals surface area (Å²) in [7, 11) is 0. The van der Waals surface area contributed by atoms with Gasteiger partial charge in [0.1, 0.15) is 5.75 Å². The first-order chi connectivity index (χ1) is 13.6. The molecule has 0 saturated heterocycles. The molecule has 0 bridgehead atoms. The second kappa shape index (κ2) is 12.9. The van der Waals surface area contributed by atoms with Gasteiger partial charge in [-0.25, -0.2) is 4.79 Å². The van der Waals surface area contributed by atoms with Crippen LogP contribution in [0.4, 0.5) is 4.79 Å². The number of unbranched alkanes of at least 4 members (excludes halogenated alkanes) is 1. The van der Waals surface area contributed by atoms with E-state index in [0.717, 1.165) is 17.8 Å². The minimum absolute atomic E-state index is 0.266. The molecule has 0 aromatic heterocycles. The van der Waals surface area contributed by atoms with E-state index < -0.39 is 6.16 Å². The van der Waals surface area contributed by atoms with Gasteiger partial charge in [-0.2, -0.15) is 0 Å². The van der Waals surface area contributed by atoms with Crippen molar-refractivity contribution in [2.24, 2.45) is 17.8 Å². The molecule has 0 radical (unpaired) electrons. The first-order valence-corrected chi connectivity index (χ1v) is 11.2. The Hall–Kier alpha value is -1.48. The van der Waals surface area contributed by atoms with Crippen molar-refractivity contribution in [3.63, 3.8) is 0 Å². The zero-order valence-corrected chi connectivity index (χ0v) is 17.7. The Labute approximate surface area is 175 Å². The number of ether oxygens (including phenoxy) is 1. The zero-order chi connectivity index (χ0) is 20.2. The van der Waals surface area contributed by atoms with Crippen molar-refractivity contribution in [2.45, 2.75) is 77.0 Å². The third kappa shape index (κ3) is 8.68. The molecule has 3 rings (SSSR count). The summed E-state index contributed by atoms with van der Waals surface area (Å²) in [5, 5.41) is 8.73. The van der Waals surface area contributed by atoms with Crippen LogP contribution in [-0.4, -0.2) is 11.3 Å². The number of carbonyl (C=O) groups is 1. The maximum Gasteiger partial charge on any atom is 0.511 e. The maximum absolute atomic E-state index is 10.00. The van der Waals surface area contributed by atoms with Crippen LogP contribution < -0.4 is 4.74 Å². The van der Waals surface area contributed by atoms with Crippen LogP contribution >= 0.6 is 11.6 Å². The molecule has 1 N–H and O–H groups in total. The number of benzene rings is 1. The fourth-order valence-corrected chi connectivity index (χ4v) is 4.83. The van der Waals surface area contributed by atoms with Gasteiger partial charge >= 0.3 is 6.16 Å². The number of rotatable bonds is 6. The fourth-order valence-electron chi connectivity index (χ4n) is 4.71. The van der Waals surface area contributed by atoms with Crippen LogP contribution in [0.5, 0.6) is 5.75 Å². The number of allylic oxidation sites excluding steroid dienone is 1. The van der Waals surface area contributed by atoms with E-state index >= 15 is 0 Å². The zero-order valence-electron chi connectivity index (χ0n) is 17.0. The first-order valence-electron chi connectivity index (χ1n) is 10.9. The second-order valence-electron chi connectivity index (χ2n) is 8.22. The smallest absolute Gasteiger partial charge is 0.449 e. The molecule has 156 valence electrons. The van der Waals surface area contributed by atoms with Crippen molar-refractivity contribution in [3.05, 3.63) is 41.9 Å². The van der Waals surface area contributed by atoms with Gasteiger partial charge in [0.2, 0.25) is 0 Å². The van der Waals surface area contributed by atoms with E-state index in [1.165, 1.54) is 63.5 Å². The van der Waals surface area contributed by atoms with Crippen molar-refractivity contribution in [3.8, 4) is 5.75 Å². The van der Waals surface area contributed by atoms with Crippen LogP contribution in [0.2, 0.25) is 5.02 Å². The van der Waals surface area contributed by atoms with Gasteiger partial charge in [0.05, 0.1) is 0 Å². The van der Waals surface area contributed by atoms with Gasteiger partial charge in [-0.3, -0.25) is 0 Å². The van der Waals surface area contributed by atoms with E-state index in [4.69, 9.17) is 16.7 Å². The second-order valence-corrected chi connectivity index (χ2v) is 8.66. The number of hydrogen-bond donors (Lipinski definition) is 1. The number of halogens is 1. The fraction of sp³-hybridized carbons (Fsp3) is 0.625. The van der Waals surface area contributed by atoms with Gasteiger partial charge in [0.25, 0.3) is 0 Å². The minimum atomic E-state index is -1.33. The van der Waals surface area contributed by atoms with Gasteiger partial charge in [-0.1, -0.05) is 69.0 Å². The highest BCUT2D eigenvalue weighted by molar-refractivity contribution is 6.30. The highest BCUT2D eigenvalue weighted by Crippen LogP contribution is 2.40. The molecule has 2 aliphatic carbocycles. The average molecular weight is 407 g/mol. The summed E-state index contributed by atoms with van der Waals surface area (Å²) in [6, 6.07) is 6.08. The standard InChI is InChI=1S/C17H30.C7H5ClO3/c1-2-3-5-8-15-11-13-17(14-12-15)16-9-6-4-7-10-16;8-5-1-3-6(4-2-5)11-7(9)10/h2,15-17H,1,3-14H2;1-4H,(H,9,10). The van der Waals surface area contributed by atoms with Crippen LogP contribution in [0.3, 0.4) is 0 Å². The lowest BCUT2D eigenvalue weighted by Crippen LogP contribution is -2.23. The predicted octanol–water partition coefficient (Wildman–Crippen LogP) is 8.13. The molecular weight excluding hydrogens is 372 g/mol. The summed E-state index contributed by atoms with van der Waals surface area (Å²) in [6.45, 7) is 3.82. The Bertz CT molecular complexity index is 570. The third-order valence-electron chi connectivity index (χ3n) is 6.25. The maximum atomic E-state index is 10.00. The van der Waals surface area contributed by atoms with E-state index in [1.54, 1.807) is 37.8 Å². The highest BCUT2D eigenvalue weighted by atomic mass is 35.5. The molecule has 28 heavy (non-hydrogen) atoms. The van der Waals surface area contributed by atoms with Crippen LogP contribution in [0, 0.1) is 17.8 Å². The van der Waals surface area contributed by atoms with E-state index in [0.29, 0.717) is 5.02 Å². The summed E-state index contributed by atoms with van der Waals surface area (Å²) in [6.07, 6.45) is 18.6. The Kier molecular flexibility index (Phi) is 10.5. The van der Waals surface area contributed by atoms with Gasteiger partial charge in [0.15, 0.2) is 0 Å². The minimum Gasteiger partial charge on any atom is -0.449 e. The summed E-state index contributed by atoms with van der Waals surface area (Å²) in [5.74, 6) is 3.53. The lowest BCUT2D eigenvalue weighted by molar-refractivity contribution is 0.144. The molecule has 0 aliphatic heterocycles. The lowest BCUT2D eigenvalue weighted by Gasteiger charge is -2.35.